The van der Waals surface area contributed by atoms with Crippen molar-refractivity contribution in [1.29, 1.82) is 0 Å². The fourth-order valence-electron chi connectivity index (χ4n) is 0.375. The zero-order valence-corrected chi connectivity index (χ0v) is 6.34. The third kappa shape index (κ3) is 2.00. The van der Waals surface area contributed by atoms with Crippen LogP contribution in [0.5, 0.6) is 0 Å². The molecule has 0 aliphatic rings. The monoisotopic (exact) mass is 135 g/mol. The quantitative estimate of drug-likeness (QED) is 0.302. The van der Waals surface area contributed by atoms with Gasteiger partial charge in [-0.15, -0.1) is 12.6 Å². The molecule has 50 valence electrons. The Balaban J connectivity index is 3.58. The lowest BCUT2D eigenvalue weighted by Gasteiger charge is -2.26. The Labute approximate surface area is 55.6 Å². The fraction of sp³-hybridized carbons (Fsp3) is 1.00. The van der Waals surface area contributed by atoms with Gasteiger partial charge >= 0.3 is 0 Å². The standard InChI is InChI=1S/C4H13N3S/c1-5-4(8,6-2)7-3/h5-8H,1-3H3. The van der Waals surface area contributed by atoms with Crippen molar-refractivity contribution in [1.82, 2.24) is 16.0 Å². The molecule has 0 aliphatic carbocycles. The van der Waals surface area contributed by atoms with E-state index < -0.39 is 5.12 Å². The van der Waals surface area contributed by atoms with E-state index in [1.807, 2.05) is 21.1 Å². The maximum absolute atomic E-state index is 4.19. The molecular formula is C4H13N3S. The molecule has 0 heterocycles. The lowest BCUT2D eigenvalue weighted by atomic mass is 10.7. The predicted molar refractivity (Wildman–Crippen MR) is 38.9 cm³/mol. The van der Waals surface area contributed by atoms with Crippen molar-refractivity contribution in [3.05, 3.63) is 0 Å². The molecule has 0 radical (unpaired) electrons. The zero-order valence-electron chi connectivity index (χ0n) is 5.45. The van der Waals surface area contributed by atoms with Gasteiger partial charge in [-0.05, 0) is 21.1 Å². The van der Waals surface area contributed by atoms with Crippen molar-refractivity contribution in [2.45, 2.75) is 5.12 Å². The summed E-state index contributed by atoms with van der Waals surface area (Å²) < 4.78 is 0. The van der Waals surface area contributed by atoms with Crippen LogP contribution in [0.25, 0.3) is 0 Å². The highest BCUT2D eigenvalue weighted by Gasteiger charge is 2.14. The molecule has 0 fully saturated rings. The molecular weight excluding hydrogens is 122 g/mol. The minimum Gasteiger partial charge on any atom is -0.281 e. The molecule has 0 aromatic heterocycles. The van der Waals surface area contributed by atoms with E-state index in [0.29, 0.717) is 0 Å². The van der Waals surface area contributed by atoms with Gasteiger partial charge in [0.2, 0.25) is 0 Å². The van der Waals surface area contributed by atoms with Gasteiger partial charge < -0.3 is 0 Å². The Kier molecular flexibility index (Phi) is 3.39. The van der Waals surface area contributed by atoms with Gasteiger partial charge in [-0.1, -0.05) is 0 Å². The molecule has 0 bridgehead atoms. The maximum atomic E-state index is 4.19. The summed E-state index contributed by atoms with van der Waals surface area (Å²) in [5, 5.41) is 8.33. The Morgan fingerprint density at radius 2 is 1.25 bits per heavy atom. The fourth-order valence-corrected chi connectivity index (χ4v) is 0.375. The van der Waals surface area contributed by atoms with E-state index in [2.05, 4.69) is 28.6 Å². The summed E-state index contributed by atoms with van der Waals surface area (Å²) in [6.07, 6.45) is 0. The van der Waals surface area contributed by atoms with E-state index >= 15 is 0 Å². The van der Waals surface area contributed by atoms with Crippen LogP contribution in [0.3, 0.4) is 0 Å². The van der Waals surface area contributed by atoms with Crippen LogP contribution < -0.4 is 16.0 Å². The molecule has 0 saturated carbocycles. The number of thiol groups is 1. The summed E-state index contributed by atoms with van der Waals surface area (Å²) in [4.78, 5) is 0. The van der Waals surface area contributed by atoms with Gasteiger partial charge in [0.05, 0.1) is 0 Å². The third-order valence-electron chi connectivity index (χ3n) is 1.09. The van der Waals surface area contributed by atoms with Crippen LogP contribution in [0, 0.1) is 0 Å². The van der Waals surface area contributed by atoms with Crippen LogP contribution in [-0.2, 0) is 0 Å². The maximum Gasteiger partial charge on any atom is 0.169 e. The number of hydrogen-bond donors (Lipinski definition) is 4. The highest BCUT2D eigenvalue weighted by atomic mass is 32.1. The van der Waals surface area contributed by atoms with Crippen molar-refractivity contribution in [3.8, 4) is 0 Å². The van der Waals surface area contributed by atoms with Crippen LogP contribution >= 0.6 is 12.6 Å². The summed E-state index contributed by atoms with van der Waals surface area (Å²) in [5.41, 5.74) is 0. The molecule has 4 heteroatoms. The summed E-state index contributed by atoms with van der Waals surface area (Å²) in [6.45, 7) is 0. The minimum absolute atomic E-state index is 0.431. The molecule has 0 rings (SSSR count). The predicted octanol–water partition coefficient (Wildman–Crippen LogP) is -0.814. The summed E-state index contributed by atoms with van der Waals surface area (Å²) in [5.74, 6) is 0. The van der Waals surface area contributed by atoms with Gasteiger partial charge in [-0.2, -0.15) is 0 Å². The van der Waals surface area contributed by atoms with Gasteiger partial charge in [0.1, 0.15) is 0 Å². The zero-order chi connectivity index (χ0) is 6.62. The Hall–Kier alpha value is 0.230. The second-order valence-electron chi connectivity index (χ2n) is 1.46. The van der Waals surface area contributed by atoms with E-state index in [1.54, 1.807) is 0 Å². The van der Waals surface area contributed by atoms with Gasteiger partial charge in [-0.3, -0.25) is 16.0 Å². The summed E-state index contributed by atoms with van der Waals surface area (Å²) in [6, 6.07) is 0. The molecule has 0 saturated heterocycles. The molecule has 0 atom stereocenters. The summed E-state index contributed by atoms with van der Waals surface area (Å²) in [7, 11) is 5.46. The molecule has 3 nitrogen and oxygen atoms in total. The number of nitrogens with one attached hydrogen (secondary N) is 3. The smallest absolute Gasteiger partial charge is 0.169 e. The van der Waals surface area contributed by atoms with Gasteiger partial charge in [0.15, 0.2) is 5.12 Å². The van der Waals surface area contributed by atoms with Gasteiger partial charge in [0, 0.05) is 0 Å². The molecule has 0 aromatic carbocycles. The van der Waals surface area contributed by atoms with Crippen LogP contribution in [0.2, 0.25) is 0 Å². The lowest BCUT2D eigenvalue weighted by molar-refractivity contribution is 0.390. The van der Waals surface area contributed by atoms with Crippen molar-refractivity contribution < 1.29 is 0 Å². The second-order valence-corrected chi connectivity index (χ2v) is 2.13. The molecule has 3 N–H and O–H groups in total. The lowest BCUT2D eigenvalue weighted by Crippen LogP contribution is -2.58. The molecule has 0 unspecified atom stereocenters. The Morgan fingerprint density at radius 1 is 1.00 bits per heavy atom. The minimum atomic E-state index is -0.431. The first kappa shape index (κ1) is 8.23. The van der Waals surface area contributed by atoms with Crippen molar-refractivity contribution in [3.63, 3.8) is 0 Å². The molecule has 0 aromatic rings. The van der Waals surface area contributed by atoms with E-state index in [-0.39, 0.29) is 0 Å². The second kappa shape index (κ2) is 3.29. The first-order valence-electron chi connectivity index (χ1n) is 2.47. The first-order chi connectivity index (χ1) is 3.68. The highest BCUT2D eigenvalue weighted by molar-refractivity contribution is 7.81. The van der Waals surface area contributed by atoms with Crippen LogP contribution in [-0.4, -0.2) is 26.3 Å². The largest absolute Gasteiger partial charge is 0.281 e. The molecule has 0 spiro atoms. The van der Waals surface area contributed by atoms with E-state index in [4.69, 9.17) is 0 Å². The average molecular weight is 135 g/mol. The molecule has 0 amide bonds. The highest BCUT2D eigenvalue weighted by Crippen LogP contribution is 1.94. The molecule has 8 heavy (non-hydrogen) atoms. The van der Waals surface area contributed by atoms with E-state index in [9.17, 15) is 0 Å². The van der Waals surface area contributed by atoms with Crippen molar-refractivity contribution in [2.75, 3.05) is 21.1 Å². The van der Waals surface area contributed by atoms with Gasteiger partial charge in [-0.25, -0.2) is 0 Å². The third-order valence-corrected chi connectivity index (χ3v) is 1.76. The first-order valence-corrected chi connectivity index (χ1v) is 2.92. The van der Waals surface area contributed by atoms with Crippen molar-refractivity contribution >= 4 is 12.6 Å². The Morgan fingerprint density at radius 3 is 1.25 bits per heavy atom. The van der Waals surface area contributed by atoms with Crippen molar-refractivity contribution in [2.24, 2.45) is 0 Å². The van der Waals surface area contributed by atoms with Crippen LogP contribution in [0.4, 0.5) is 0 Å². The topological polar surface area (TPSA) is 36.1 Å². The SMILES string of the molecule is CNC(S)(NC)NC. The van der Waals surface area contributed by atoms with Gasteiger partial charge in [0.25, 0.3) is 0 Å². The number of rotatable bonds is 3. The van der Waals surface area contributed by atoms with Crippen LogP contribution in [0.15, 0.2) is 0 Å². The average Bonchev–Trinajstić information content (AvgIpc) is 1.87. The van der Waals surface area contributed by atoms with E-state index in [1.165, 1.54) is 0 Å². The number of hydrogen-bond acceptors (Lipinski definition) is 4. The van der Waals surface area contributed by atoms with E-state index in [0.717, 1.165) is 0 Å². The van der Waals surface area contributed by atoms with Crippen LogP contribution in [0.1, 0.15) is 0 Å². The Bertz CT molecular complexity index is 54.0. The molecule has 0 aliphatic heterocycles. The summed E-state index contributed by atoms with van der Waals surface area (Å²) >= 11 is 4.19. The normalized spacial score (nSPS) is 12.0.